The van der Waals surface area contributed by atoms with E-state index in [4.69, 9.17) is 4.74 Å². The first-order valence-corrected chi connectivity index (χ1v) is 12.8. The van der Waals surface area contributed by atoms with Crippen molar-refractivity contribution in [1.29, 1.82) is 0 Å². The molecule has 2 aliphatic rings. The van der Waals surface area contributed by atoms with Gasteiger partial charge in [0.15, 0.2) is 5.16 Å². The number of ether oxygens (including phenoxy) is 1. The van der Waals surface area contributed by atoms with Crippen molar-refractivity contribution in [3.63, 3.8) is 0 Å². The minimum absolute atomic E-state index is 0.161. The molecular formula is C23H27N5O2S2. The number of nitrogens with zero attached hydrogens (tertiary/aromatic N) is 5. The van der Waals surface area contributed by atoms with Gasteiger partial charge in [-0.3, -0.25) is 9.36 Å². The van der Waals surface area contributed by atoms with E-state index in [1.807, 2.05) is 30.0 Å². The molecule has 0 aliphatic carbocycles. The number of hydrogen-bond donors (Lipinski definition) is 0. The van der Waals surface area contributed by atoms with Gasteiger partial charge >= 0.3 is 0 Å². The van der Waals surface area contributed by atoms with Crippen molar-refractivity contribution >= 4 is 35.0 Å². The summed E-state index contributed by atoms with van der Waals surface area (Å²) in [6, 6.07) is 12.5. The SMILES string of the molecule is CC(Sc1nnc(N2CCOCC2)n1Cc1ccccc1)C(=O)N1CCc2sccc2C1. The molecule has 2 aliphatic heterocycles. The third-order valence-electron chi connectivity index (χ3n) is 5.92. The molecule has 4 heterocycles. The molecule has 1 amide bonds. The Bertz CT molecular complexity index is 1060. The molecular weight excluding hydrogens is 442 g/mol. The van der Waals surface area contributed by atoms with Crippen LogP contribution in [0.3, 0.4) is 0 Å². The Balaban J connectivity index is 1.35. The highest BCUT2D eigenvalue weighted by Gasteiger charge is 2.28. The molecule has 0 saturated carbocycles. The third-order valence-corrected chi connectivity index (χ3v) is 8.02. The summed E-state index contributed by atoms with van der Waals surface area (Å²) >= 11 is 3.29. The molecule has 0 radical (unpaired) electrons. The van der Waals surface area contributed by atoms with Crippen LogP contribution in [-0.4, -0.2) is 63.7 Å². The van der Waals surface area contributed by atoms with Gasteiger partial charge in [-0.05, 0) is 35.9 Å². The molecule has 1 atom stereocenters. The fourth-order valence-electron chi connectivity index (χ4n) is 4.17. The number of thioether (sulfide) groups is 1. The number of amides is 1. The fourth-order valence-corrected chi connectivity index (χ4v) is 5.99. The van der Waals surface area contributed by atoms with Gasteiger partial charge in [0.25, 0.3) is 0 Å². The van der Waals surface area contributed by atoms with E-state index in [0.29, 0.717) is 26.3 Å². The third kappa shape index (κ3) is 4.55. The number of hydrogen-bond acceptors (Lipinski definition) is 7. The van der Waals surface area contributed by atoms with Crippen LogP contribution < -0.4 is 4.90 Å². The summed E-state index contributed by atoms with van der Waals surface area (Å²) in [5.74, 6) is 1.01. The minimum Gasteiger partial charge on any atom is -0.378 e. The molecule has 32 heavy (non-hydrogen) atoms. The van der Waals surface area contributed by atoms with E-state index in [0.717, 1.165) is 37.2 Å². The van der Waals surface area contributed by atoms with Crippen molar-refractivity contribution in [2.45, 2.75) is 36.8 Å². The molecule has 7 nitrogen and oxygen atoms in total. The van der Waals surface area contributed by atoms with Gasteiger partial charge in [-0.2, -0.15) is 0 Å². The van der Waals surface area contributed by atoms with E-state index >= 15 is 0 Å². The highest BCUT2D eigenvalue weighted by Crippen LogP contribution is 2.30. The highest BCUT2D eigenvalue weighted by molar-refractivity contribution is 8.00. The van der Waals surface area contributed by atoms with Crippen LogP contribution in [0.25, 0.3) is 0 Å². The van der Waals surface area contributed by atoms with Gasteiger partial charge in [0.2, 0.25) is 11.9 Å². The maximum absolute atomic E-state index is 13.2. The van der Waals surface area contributed by atoms with Gasteiger partial charge in [-0.15, -0.1) is 21.5 Å². The maximum Gasteiger partial charge on any atom is 0.236 e. The quantitative estimate of drug-likeness (QED) is 0.516. The summed E-state index contributed by atoms with van der Waals surface area (Å²) in [5, 5.41) is 11.7. The molecule has 5 rings (SSSR count). The first-order valence-electron chi connectivity index (χ1n) is 11.0. The van der Waals surface area contributed by atoms with Gasteiger partial charge < -0.3 is 14.5 Å². The normalized spacial score (nSPS) is 17.3. The molecule has 1 saturated heterocycles. The Morgan fingerprint density at radius 1 is 1.16 bits per heavy atom. The van der Waals surface area contributed by atoms with E-state index in [-0.39, 0.29) is 11.2 Å². The first kappa shape index (κ1) is 21.5. The maximum atomic E-state index is 13.2. The van der Waals surface area contributed by atoms with E-state index in [2.05, 4.69) is 43.2 Å². The average Bonchev–Trinajstić information content (AvgIpc) is 3.46. The van der Waals surface area contributed by atoms with Gasteiger partial charge in [0.05, 0.1) is 25.0 Å². The Morgan fingerprint density at radius 2 is 1.97 bits per heavy atom. The number of rotatable bonds is 6. The minimum atomic E-state index is -0.230. The van der Waals surface area contributed by atoms with Gasteiger partial charge in [-0.25, -0.2) is 0 Å². The summed E-state index contributed by atoms with van der Waals surface area (Å²) in [4.78, 5) is 18.8. The predicted molar refractivity (Wildman–Crippen MR) is 127 cm³/mol. The standard InChI is InChI=1S/C23H27N5O2S2/c1-17(21(29)27-9-7-20-19(16-27)8-14-31-20)32-23-25-24-22(26-10-12-30-13-11-26)28(23)15-18-5-3-2-4-6-18/h2-6,8,14,17H,7,9-13,15-16H2,1H3. The summed E-state index contributed by atoms with van der Waals surface area (Å²) in [7, 11) is 0. The number of carbonyl (C=O) groups excluding carboxylic acids is 1. The van der Waals surface area contributed by atoms with Gasteiger partial charge in [0.1, 0.15) is 0 Å². The number of thiophene rings is 1. The Hall–Kier alpha value is -2.36. The van der Waals surface area contributed by atoms with Crippen LogP contribution in [0.15, 0.2) is 46.9 Å². The van der Waals surface area contributed by atoms with Crippen LogP contribution in [0.5, 0.6) is 0 Å². The lowest BCUT2D eigenvalue weighted by Crippen LogP contribution is -2.40. The second-order valence-corrected chi connectivity index (χ2v) is 10.4. The van der Waals surface area contributed by atoms with E-state index < -0.39 is 0 Å². The van der Waals surface area contributed by atoms with Crippen LogP contribution in [0.2, 0.25) is 0 Å². The zero-order valence-corrected chi connectivity index (χ0v) is 19.8. The van der Waals surface area contributed by atoms with Gasteiger partial charge in [-0.1, -0.05) is 42.1 Å². The molecule has 1 unspecified atom stereocenters. The molecule has 0 bridgehead atoms. The van der Waals surface area contributed by atoms with Crippen LogP contribution in [0.4, 0.5) is 5.95 Å². The number of carbonyl (C=O) groups is 1. The largest absolute Gasteiger partial charge is 0.378 e. The summed E-state index contributed by atoms with van der Waals surface area (Å²) in [5.41, 5.74) is 2.47. The lowest BCUT2D eigenvalue weighted by Gasteiger charge is -2.29. The molecule has 168 valence electrons. The predicted octanol–water partition coefficient (Wildman–Crippen LogP) is 3.29. The van der Waals surface area contributed by atoms with Crippen molar-refractivity contribution in [2.75, 3.05) is 37.7 Å². The van der Waals surface area contributed by atoms with Crippen LogP contribution in [-0.2, 0) is 29.0 Å². The zero-order chi connectivity index (χ0) is 21.9. The molecule has 0 N–H and O–H groups in total. The molecule has 1 aromatic carbocycles. The van der Waals surface area contributed by atoms with E-state index in [1.54, 1.807) is 11.3 Å². The highest BCUT2D eigenvalue weighted by atomic mass is 32.2. The Morgan fingerprint density at radius 3 is 2.78 bits per heavy atom. The molecule has 2 aromatic heterocycles. The Labute approximate surface area is 196 Å². The zero-order valence-electron chi connectivity index (χ0n) is 18.1. The molecule has 9 heteroatoms. The Kier molecular flexibility index (Phi) is 6.47. The van der Waals surface area contributed by atoms with Crippen molar-refractivity contribution < 1.29 is 9.53 Å². The van der Waals surface area contributed by atoms with Crippen molar-refractivity contribution in [1.82, 2.24) is 19.7 Å². The van der Waals surface area contributed by atoms with Crippen LogP contribution in [0, 0.1) is 0 Å². The first-order chi connectivity index (χ1) is 15.7. The number of aromatic nitrogens is 3. The second kappa shape index (κ2) is 9.64. The molecule has 1 fully saturated rings. The van der Waals surface area contributed by atoms with Crippen molar-refractivity contribution in [3.8, 4) is 0 Å². The van der Waals surface area contributed by atoms with Crippen LogP contribution in [0.1, 0.15) is 22.9 Å². The lowest BCUT2D eigenvalue weighted by molar-refractivity contribution is -0.131. The molecule has 0 spiro atoms. The summed E-state index contributed by atoms with van der Waals surface area (Å²) in [6.45, 7) is 7.11. The van der Waals surface area contributed by atoms with Gasteiger partial charge in [0, 0.05) is 31.1 Å². The van der Waals surface area contributed by atoms with Crippen molar-refractivity contribution in [3.05, 3.63) is 57.8 Å². The fraction of sp³-hybridized carbons (Fsp3) is 0.435. The smallest absolute Gasteiger partial charge is 0.236 e. The number of anilines is 1. The number of benzene rings is 1. The number of fused-ring (bicyclic) bond motifs is 1. The topological polar surface area (TPSA) is 63.5 Å². The average molecular weight is 470 g/mol. The second-order valence-electron chi connectivity index (χ2n) is 8.09. The monoisotopic (exact) mass is 469 g/mol. The summed E-state index contributed by atoms with van der Waals surface area (Å²) in [6.07, 6.45) is 0.946. The number of morpholine rings is 1. The lowest BCUT2D eigenvalue weighted by atomic mass is 10.1. The van der Waals surface area contributed by atoms with Crippen LogP contribution >= 0.6 is 23.1 Å². The van der Waals surface area contributed by atoms with E-state index in [1.165, 1.54) is 27.8 Å². The van der Waals surface area contributed by atoms with E-state index in [9.17, 15) is 4.79 Å². The molecule has 3 aromatic rings. The van der Waals surface area contributed by atoms with Crippen molar-refractivity contribution in [2.24, 2.45) is 0 Å². The summed E-state index contributed by atoms with van der Waals surface area (Å²) < 4.78 is 7.66.